The molecule has 4 aromatic rings. The second kappa shape index (κ2) is 13.3. The highest BCUT2D eigenvalue weighted by molar-refractivity contribution is 8.14. The molecule has 1 fully saturated rings. The van der Waals surface area contributed by atoms with Gasteiger partial charge in [0.05, 0.1) is 5.69 Å². The number of hydrogen-bond donors (Lipinski definition) is 1. The number of carbonyl (C=O) groups is 1. The van der Waals surface area contributed by atoms with Crippen molar-refractivity contribution >= 4 is 28.6 Å². The predicted octanol–water partition coefficient (Wildman–Crippen LogP) is 7.21. The van der Waals surface area contributed by atoms with E-state index in [-0.39, 0.29) is 11.8 Å². The first-order valence-corrected chi connectivity index (χ1v) is 14.9. The van der Waals surface area contributed by atoms with Crippen molar-refractivity contribution in [3.8, 4) is 22.8 Å². The molecule has 12 heteroatoms. The number of halogens is 3. The van der Waals surface area contributed by atoms with Crippen molar-refractivity contribution in [2.75, 3.05) is 23.7 Å². The van der Waals surface area contributed by atoms with Gasteiger partial charge in [-0.2, -0.15) is 4.99 Å². The summed E-state index contributed by atoms with van der Waals surface area (Å²) in [5.41, 5.74) is 4.69. The molecule has 2 heterocycles. The van der Waals surface area contributed by atoms with Gasteiger partial charge >= 0.3 is 12.4 Å². The number of nitrogens with one attached hydrogen (secondary N) is 1. The Hall–Kier alpha value is -4.32. The van der Waals surface area contributed by atoms with E-state index in [0.717, 1.165) is 40.7 Å². The fraction of sp³-hybridized carbons (Fsp3) is 0.290. The largest absolute Gasteiger partial charge is 0.573 e. The summed E-state index contributed by atoms with van der Waals surface area (Å²) in [4.78, 5) is 23.6. The smallest absolute Gasteiger partial charge is 0.406 e. The van der Waals surface area contributed by atoms with Crippen LogP contribution in [0.4, 0.5) is 23.7 Å². The summed E-state index contributed by atoms with van der Waals surface area (Å²) in [6.07, 6.45) is -1.60. The number of amidine groups is 1. The minimum atomic E-state index is -4.75. The van der Waals surface area contributed by atoms with Crippen LogP contribution in [0.3, 0.4) is 0 Å². The Morgan fingerprint density at radius 2 is 1.81 bits per heavy atom. The standard InChI is InChI=1S/C31H31F3N6O2S/c1-21(2)26-6-3-4-7-27(26)39-18-5-19-43-30(39)37-29(41)35-17-16-22-8-10-23(11-9-22)28-36-20-40(38-28)24-12-14-25(15-13-24)42-31(32,33)34/h3-4,6-15,20-21H,5,16-19H2,1-2H3,(H,35,41). The van der Waals surface area contributed by atoms with Crippen LogP contribution in [0.15, 0.2) is 84.1 Å². The number of para-hydroxylation sites is 1. The van der Waals surface area contributed by atoms with Crippen LogP contribution in [0.25, 0.3) is 17.1 Å². The molecule has 0 aliphatic carbocycles. The summed E-state index contributed by atoms with van der Waals surface area (Å²) in [6.45, 7) is 5.59. The number of anilines is 1. The summed E-state index contributed by atoms with van der Waals surface area (Å²) in [5.74, 6) is 1.45. The molecule has 0 saturated carbocycles. The zero-order valence-corrected chi connectivity index (χ0v) is 24.5. The number of aliphatic imine (C=N–C) groups is 1. The Balaban J connectivity index is 1.16. The highest BCUT2D eigenvalue weighted by atomic mass is 32.2. The topological polar surface area (TPSA) is 84.6 Å². The Labute approximate surface area is 252 Å². The lowest BCUT2D eigenvalue weighted by Crippen LogP contribution is -2.36. The van der Waals surface area contributed by atoms with Gasteiger partial charge in [0.25, 0.3) is 0 Å². The molecule has 1 aliphatic heterocycles. The van der Waals surface area contributed by atoms with Crippen LogP contribution in [-0.4, -0.2) is 51.2 Å². The first-order chi connectivity index (χ1) is 20.7. The van der Waals surface area contributed by atoms with Crippen molar-refractivity contribution in [2.45, 2.75) is 39.0 Å². The monoisotopic (exact) mass is 608 g/mol. The Bertz CT molecular complexity index is 1570. The van der Waals surface area contributed by atoms with E-state index in [2.05, 4.69) is 56.0 Å². The highest BCUT2D eigenvalue weighted by Gasteiger charge is 2.31. The molecule has 0 radical (unpaired) electrons. The van der Waals surface area contributed by atoms with E-state index < -0.39 is 6.36 Å². The maximum atomic E-state index is 12.7. The van der Waals surface area contributed by atoms with Crippen molar-refractivity contribution in [3.63, 3.8) is 0 Å². The quantitative estimate of drug-likeness (QED) is 0.228. The lowest BCUT2D eigenvalue weighted by Gasteiger charge is -2.31. The number of urea groups is 1. The molecule has 1 aromatic heterocycles. The lowest BCUT2D eigenvalue weighted by atomic mass is 10.0. The minimum absolute atomic E-state index is 0.307. The molecule has 3 aromatic carbocycles. The van der Waals surface area contributed by atoms with E-state index in [9.17, 15) is 18.0 Å². The first kappa shape index (κ1) is 30.1. The molecule has 0 bridgehead atoms. The summed E-state index contributed by atoms with van der Waals surface area (Å²) in [6, 6.07) is 21.0. The van der Waals surface area contributed by atoms with Crippen LogP contribution in [0.2, 0.25) is 0 Å². The maximum absolute atomic E-state index is 12.7. The van der Waals surface area contributed by atoms with E-state index in [1.165, 1.54) is 40.8 Å². The Kier molecular flexibility index (Phi) is 9.34. The van der Waals surface area contributed by atoms with Gasteiger partial charge in [0.15, 0.2) is 11.0 Å². The van der Waals surface area contributed by atoms with Crippen molar-refractivity contribution in [1.29, 1.82) is 0 Å². The van der Waals surface area contributed by atoms with Gasteiger partial charge in [-0.05, 0) is 60.2 Å². The molecule has 0 spiro atoms. The summed E-state index contributed by atoms with van der Waals surface area (Å²) < 4.78 is 42.6. The predicted molar refractivity (Wildman–Crippen MR) is 163 cm³/mol. The number of alkyl halides is 3. The normalized spacial score (nSPS) is 14.7. The Morgan fingerprint density at radius 3 is 2.53 bits per heavy atom. The van der Waals surface area contributed by atoms with Gasteiger partial charge in [0, 0.05) is 30.1 Å². The zero-order valence-electron chi connectivity index (χ0n) is 23.7. The second-order valence-corrected chi connectivity index (χ2v) is 11.3. The second-order valence-electron chi connectivity index (χ2n) is 10.2. The Morgan fingerprint density at radius 1 is 1.07 bits per heavy atom. The van der Waals surface area contributed by atoms with Crippen LogP contribution in [-0.2, 0) is 6.42 Å². The molecule has 0 unspecified atom stereocenters. The van der Waals surface area contributed by atoms with Gasteiger partial charge in [-0.15, -0.1) is 18.3 Å². The number of hydrogen-bond acceptors (Lipinski definition) is 5. The van der Waals surface area contributed by atoms with E-state index in [1.54, 1.807) is 11.8 Å². The van der Waals surface area contributed by atoms with Gasteiger partial charge in [0.1, 0.15) is 12.1 Å². The molecule has 224 valence electrons. The molecular weight excluding hydrogens is 577 g/mol. The average Bonchev–Trinajstić information content (AvgIpc) is 3.48. The summed E-state index contributed by atoms with van der Waals surface area (Å²) in [5, 5.41) is 8.06. The van der Waals surface area contributed by atoms with Gasteiger partial charge < -0.3 is 15.0 Å². The number of aromatic nitrogens is 3. The number of thioether (sulfide) groups is 1. The molecular formula is C31H31F3N6O2S. The molecule has 0 atom stereocenters. The van der Waals surface area contributed by atoms with Crippen molar-refractivity contribution in [3.05, 3.63) is 90.3 Å². The fourth-order valence-electron chi connectivity index (χ4n) is 4.68. The van der Waals surface area contributed by atoms with Gasteiger partial charge in [0.2, 0.25) is 0 Å². The van der Waals surface area contributed by atoms with Crippen LogP contribution in [0, 0.1) is 0 Å². The molecule has 5 rings (SSSR count). The number of benzene rings is 3. The van der Waals surface area contributed by atoms with Gasteiger partial charge in [-0.25, -0.2) is 14.5 Å². The SMILES string of the molecule is CC(C)c1ccccc1N1CCCSC1=NC(=O)NCCc1ccc(-c2ncn(-c3ccc(OC(F)(F)F)cc3)n2)cc1. The zero-order chi connectivity index (χ0) is 30.4. The van der Waals surface area contributed by atoms with Gasteiger partial charge in [-0.1, -0.05) is 68.1 Å². The highest BCUT2D eigenvalue weighted by Crippen LogP contribution is 2.32. The molecule has 8 nitrogen and oxygen atoms in total. The van der Waals surface area contributed by atoms with Crippen LogP contribution in [0.1, 0.15) is 37.3 Å². The van der Waals surface area contributed by atoms with Crippen molar-refractivity contribution in [2.24, 2.45) is 4.99 Å². The van der Waals surface area contributed by atoms with E-state index in [4.69, 9.17) is 0 Å². The molecule has 2 amide bonds. The van der Waals surface area contributed by atoms with Gasteiger partial charge in [-0.3, -0.25) is 0 Å². The van der Waals surface area contributed by atoms with E-state index in [1.807, 2.05) is 36.4 Å². The number of rotatable bonds is 8. The number of amides is 2. The molecule has 1 saturated heterocycles. The summed E-state index contributed by atoms with van der Waals surface area (Å²) >= 11 is 1.60. The number of ether oxygens (including phenoxy) is 1. The number of carbonyl (C=O) groups excluding carboxylic acids is 1. The number of nitrogens with zero attached hydrogens (tertiary/aromatic N) is 5. The van der Waals surface area contributed by atoms with E-state index >= 15 is 0 Å². The molecule has 1 aliphatic rings. The van der Waals surface area contributed by atoms with Crippen molar-refractivity contribution < 1.29 is 22.7 Å². The third-order valence-electron chi connectivity index (χ3n) is 6.76. The molecule has 43 heavy (non-hydrogen) atoms. The van der Waals surface area contributed by atoms with Crippen LogP contribution in [0.5, 0.6) is 5.75 Å². The first-order valence-electron chi connectivity index (χ1n) is 13.9. The average molecular weight is 609 g/mol. The van der Waals surface area contributed by atoms with E-state index in [0.29, 0.717) is 30.4 Å². The molecule has 1 N–H and O–H groups in total. The maximum Gasteiger partial charge on any atom is 0.573 e. The third-order valence-corrected chi connectivity index (χ3v) is 7.83. The van der Waals surface area contributed by atoms with Crippen molar-refractivity contribution in [1.82, 2.24) is 20.1 Å². The van der Waals surface area contributed by atoms with Crippen LogP contribution < -0.4 is 15.0 Å². The lowest BCUT2D eigenvalue weighted by molar-refractivity contribution is -0.274. The summed E-state index contributed by atoms with van der Waals surface area (Å²) in [7, 11) is 0. The fourth-order valence-corrected chi connectivity index (χ4v) is 5.63. The third kappa shape index (κ3) is 7.95. The van der Waals surface area contributed by atoms with Crippen LogP contribution >= 0.6 is 11.8 Å². The minimum Gasteiger partial charge on any atom is -0.406 e.